The zero-order valence-corrected chi connectivity index (χ0v) is 19.9. The summed E-state index contributed by atoms with van der Waals surface area (Å²) in [5, 5.41) is 6.85. The highest BCUT2D eigenvalue weighted by Gasteiger charge is 2.15. The molecule has 0 fully saturated rings. The van der Waals surface area contributed by atoms with Crippen LogP contribution in [0.4, 0.5) is 5.69 Å². The number of ether oxygens (including phenoxy) is 1. The van der Waals surface area contributed by atoms with Gasteiger partial charge in [-0.25, -0.2) is 0 Å². The molecule has 0 bridgehead atoms. The van der Waals surface area contributed by atoms with E-state index < -0.39 is 0 Å². The molecular weight excluding hydrogens is 416 g/mol. The molecule has 0 atom stereocenters. The number of hydrogen-bond donors (Lipinski definition) is 2. The monoisotopic (exact) mass is 446 g/mol. The van der Waals surface area contributed by atoms with Crippen LogP contribution >= 0.6 is 12.2 Å². The van der Waals surface area contributed by atoms with Gasteiger partial charge in [0.25, 0.3) is 0 Å². The van der Waals surface area contributed by atoms with Crippen molar-refractivity contribution in [3.8, 4) is 5.75 Å². The zero-order valence-electron chi connectivity index (χ0n) is 19.1. The molecule has 0 amide bonds. The summed E-state index contributed by atoms with van der Waals surface area (Å²) in [5.41, 5.74) is 4.38. The Kier molecular flexibility index (Phi) is 7.65. The van der Waals surface area contributed by atoms with Crippen LogP contribution < -0.4 is 15.4 Å². The minimum Gasteiger partial charge on any atom is -0.494 e. The van der Waals surface area contributed by atoms with Gasteiger partial charge in [0.15, 0.2) is 10.9 Å². The Bertz CT molecular complexity index is 1090. The predicted octanol–water partition coefficient (Wildman–Crippen LogP) is 6.10. The third kappa shape index (κ3) is 6.41. The van der Waals surface area contributed by atoms with Crippen molar-refractivity contribution < 1.29 is 9.53 Å². The van der Waals surface area contributed by atoms with Gasteiger partial charge in [0.1, 0.15) is 5.75 Å². The first-order valence-electron chi connectivity index (χ1n) is 10.8. The summed E-state index contributed by atoms with van der Waals surface area (Å²) in [6.45, 7) is 9.64. The molecule has 0 saturated carbocycles. The van der Waals surface area contributed by atoms with E-state index in [0.29, 0.717) is 29.4 Å². The molecule has 0 unspecified atom stereocenters. The summed E-state index contributed by atoms with van der Waals surface area (Å²) in [4.78, 5) is 13.0. The van der Waals surface area contributed by atoms with E-state index in [1.807, 2.05) is 79.7 Å². The van der Waals surface area contributed by atoms with E-state index in [0.717, 1.165) is 17.0 Å². The zero-order chi connectivity index (χ0) is 23.1. The molecule has 2 N–H and O–H groups in total. The Labute approximate surface area is 196 Å². The molecule has 3 aromatic rings. The fourth-order valence-electron chi connectivity index (χ4n) is 3.30. The minimum absolute atomic E-state index is 0.0132. The van der Waals surface area contributed by atoms with Crippen molar-refractivity contribution in [3.05, 3.63) is 95.1 Å². The average molecular weight is 447 g/mol. The predicted molar refractivity (Wildman–Crippen MR) is 136 cm³/mol. The molecule has 166 valence electrons. The summed E-state index contributed by atoms with van der Waals surface area (Å²) in [7, 11) is 0. The number of anilines is 1. The van der Waals surface area contributed by atoms with E-state index in [4.69, 9.17) is 17.0 Å². The maximum absolute atomic E-state index is 13.0. The number of benzene rings is 3. The largest absolute Gasteiger partial charge is 0.494 e. The van der Waals surface area contributed by atoms with Crippen LogP contribution in [0.25, 0.3) is 0 Å². The van der Waals surface area contributed by atoms with E-state index in [1.165, 1.54) is 5.56 Å². The molecule has 0 radical (unpaired) electrons. The number of nitrogens with one attached hydrogen (secondary N) is 2. The van der Waals surface area contributed by atoms with E-state index in [-0.39, 0.29) is 11.2 Å². The van der Waals surface area contributed by atoms with Crippen molar-refractivity contribution in [2.45, 2.75) is 39.7 Å². The van der Waals surface area contributed by atoms with Crippen molar-refractivity contribution in [3.63, 3.8) is 0 Å². The van der Waals surface area contributed by atoms with E-state index in [2.05, 4.69) is 31.4 Å². The quantitative estimate of drug-likeness (QED) is 0.339. The summed E-state index contributed by atoms with van der Waals surface area (Å²) in [5.74, 6) is 0.827. The molecule has 0 aliphatic rings. The van der Waals surface area contributed by atoms with Gasteiger partial charge in [0, 0.05) is 23.4 Å². The van der Waals surface area contributed by atoms with Crippen LogP contribution in [0, 0.1) is 0 Å². The SMILES string of the molecule is CCOc1cccc(CNC(=S)Nc2cccc(C(=O)c3ccc(C(C)(C)C)cc3)c2)c1. The van der Waals surface area contributed by atoms with Gasteiger partial charge in [-0.05, 0) is 59.9 Å². The normalized spacial score (nSPS) is 11.0. The first-order valence-corrected chi connectivity index (χ1v) is 11.2. The van der Waals surface area contributed by atoms with Crippen LogP contribution in [0.5, 0.6) is 5.75 Å². The number of ketones is 1. The third-order valence-corrected chi connectivity index (χ3v) is 5.30. The summed E-state index contributed by atoms with van der Waals surface area (Å²) < 4.78 is 5.54. The molecule has 5 heteroatoms. The van der Waals surface area contributed by atoms with Crippen molar-refractivity contribution in [2.75, 3.05) is 11.9 Å². The van der Waals surface area contributed by atoms with Gasteiger partial charge in [0.05, 0.1) is 6.61 Å². The summed E-state index contributed by atoms with van der Waals surface area (Å²) in [6, 6.07) is 23.1. The Balaban J connectivity index is 1.62. The van der Waals surface area contributed by atoms with Gasteiger partial charge in [-0.3, -0.25) is 4.79 Å². The average Bonchev–Trinajstić information content (AvgIpc) is 2.77. The molecule has 0 saturated heterocycles. The van der Waals surface area contributed by atoms with Crippen LogP contribution in [0.15, 0.2) is 72.8 Å². The van der Waals surface area contributed by atoms with Gasteiger partial charge in [-0.2, -0.15) is 0 Å². The number of hydrogen-bond acceptors (Lipinski definition) is 3. The van der Waals surface area contributed by atoms with Gasteiger partial charge < -0.3 is 15.4 Å². The summed E-state index contributed by atoms with van der Waals surface area (Å²) in [6.07, 6.45) is 0. The molecule has 0 aliphatic carbocycles. The number of carbonyl (C=O) groups is 1. The lowest BCUT2D eigenvalue weighted by Gasteiger charge is -2.19. The van der Waals surface area contributed by atoms with Crippen LogP contribution in [0.1, 0.15) is 54.7 Å². The fourth-order valence-corrected chi connectivity index (χ4v) is 3.49. The number of rotatable bonds is 7. The van der Waals surface area contributed by atoms with E-state index in [9.17, 15) is 4.79 Å². The van der Waals surface area contributed by atoms with Gasteiger partial charge >= 0.3 is 0 Å². The van der Waals surface area contributed by atoms with Crippen LogP contribution in [-0.4, -0.2) is 17.5 Å². The lowest BCUT2D eigenvalue weighted by Crippen LogP contribution is -2.27. The highest BCUT2D eigenvalue weighted by atomic mass is 32.1. The van der Waals surface area contributed by atoms with Crippen LogP contribution in [0.3, 0.4) is 0 Å². The first-order chi connectivity index (χ1) is 15.3. The molecule has 0 spiro atoms. The van der Waals surface area contributed by atoms with Crippen LogP contribution in [-0.2, 0) is 12.0 Å². The molecule has 0 aliphatic heterocycles. The van der Waals surface area contributed by atoms with Gasteiger partial charge in [0.2, 0.25) is 0 Å². The molecule has 32 heavy (non-hydrogen) atoms. The topological polar surface area (TPSA) is 50.4 Å². The fraction of sp³-hybridized carbons (Fsp3) is 0.259. The second-order valence-corrected chi connectivity index (χ2v) is 9.03. The second kappa shape index (κ2) is 10.4. The second-order valence-electron chi connectivity index (χ2n) is 8.63. The Morgan fingerprint density at radius 2 is 1.66 bits per heavy atom. The number of carbonyl (C=O) groups excluding carboxylic acids is 1. The molecule has 4 nitrogen and oxygen atoms in total. The van der Waals surface area contributed by atoms with Crippen molar-refractivity contribution in [2.24, 2.45) is 0 Å². The van der Waals surface area contributed by atoms with Gasteiger partial charge in [-0.15, -0.1) is 0 Å². The molecule has 0 heterocycles. The lowest BCUT2D eigenvalue weighted by atomic mass is 9.86. The highest BCUT2D eigenvalue weighted by molar-refractivity contribution is 7.80. The Morgan fingerprint density at radius 1 is 0.938 bits per heavy atom. The molecule has 3 rings (SSSR count). The van der Waals surface area contributed by atoms with Gasteiger partial charge in [-0.1, -0.05) is 69.3 Å². The first kappa shape index (κ1) is 23.5. The molecule has 0 aromatic heterocycles. The van der Waals surface area contributed by atoms with E-state index >= 15 is 0 Å². The van der Waals surface area contributed by atoms with Crippen LogP contribution in [0.2, 0.25) is 0 Å². The van der Waals surface area contributed by atoms with Crippen molar-refractivity contribution in [1.82, 2.24) is 5.32 Å². The van der Waals surface area contributed by atoms with E-state index in [1.54, 1.807) is 0 Å². The molecular formula is C27H30N2O2S. The number of thiocarbonyl (C=S) groups is 1. The minimum atomic E-state index is -0.0132. The maximum atomic E-state index is 13.0. The summed E-state index contributed by atoms with van der Waals surface area (Å²) >= 11 is 5.43. The molecule has 3 aromatic carbocycles. The lowest BCUT2D eigenvalue weighted by molar-refractivity contribution is 0.103. The smallest absolute Gasteiger partial charge is 0.193 e. The highest BCUT2D eigenvalue weighted by Crippen LogP contribution is 2.23. The Morgan fingerprint density at radius 3 is 2.34 bits per heavy atom. The third-order valence-electron chi connectivity index (χ3n) is 5.06. The van der Waals surface area contributed by atoms with Crippen molar-refractivity contribution in [1.29, 1.82) is 0 Å². The maximum Gasteiger partial charge on any atom is 0.193 e. The van der Waals surface area contributed by atoms with Crippen molar-refractivity contribution >= 4 is 28.8 Å². The Hall–Kier alpha value is -3.18. The standard InChI is InChI=1S/C27H30N2O2S/c1-5-31-24-11-6-8-19(16-24)18-28-26(32)29-23-10-7-9-21(17-23)25(30)20-12-14-22(15-13-20)27(2,3)4/h6-17H,5,18H2,1-4H3,(H2,28,29,32).